The highest BCUT2D eigenvalue weighted by Crippen LogP contribution is 2.23. The first-order chi connectivity index (χ1) is 14.1. The molecule has 0 saturated carbocycles. The molecule has 29 heavy (non-hydrogen) atoms. The summed E-state index contributed by atoms with van der Waals surface area (Å²) in [5.41, 5.74) is 3.96. The number of guanidine groups is 1. The van der Waals surface area contributed by atoms with Crippen LogP contribution in [-0.4, -0.2) is 44.2 Å². The first-order valence-corrected chi connectivity index (χ1v) is 8.84. The van der Waals surface area contributed by atoms with Crippen LogP contribution in [0.5, 0.6) is 11.5 Å². The van der Waals surface area contributed by atoms with Gasteiger partial charge >= 0.3 is 0 Å². The van der Waals surface area contributed by atoms with Crippen LogP contribution in [0.1, 0.15) is 12.0 Å². The fraction of sp³-hybridized carbons (Fsp3) is 0.200. The molecule has 0 aliphatic carbocycles. The van der Waals surface area contributed by atoms with Gasteiger partial charge in [0.05, 0.1) is 32.5 Å². The minimum atomic E-state index is -0.839. The minimum Gasteiger partial charge on any atom is -0.496 e. The van der Waals surface area contributed by atoms with Crippen molar-refractivity contribution < 1.29 is 19.1 Å². The summed E-state index contributed by atoms with van der Waals surface area (Å²) < 4.78 is 10.4. The van der Waals surface area contributed by atoms with E-state index in [1.54, 1.807) is 37.6 Å². The SMILES string of the molecule is COc1ccccc1/C=N\NC1=N[C@H](CC(=O)Nc2ccccc2OC)C(=O)N1. The van der Waals surface area contributed by atoms with Crippen molar-refractivity contribution in [2.24, 2.45) is 10.1 Å². The molecule has 1 atom stereocenters. The summed E-state index contributed by atoms with van der Waals surface area (Å²) in [5.74, 6) is 0.651. The van der Waals surface area contributed by atoms with Crippen molar-refractivity contribution in [3.8, 4) is 11.5 Å². The van der Waals surface area contributed by atoms with Gasteiger partial charge in [-0.05, 0) is 24.3 Å². The van der Waals surface area contributed by atoms with Gasteiger partial charge in [0, 0.05) is 5.56 Å². The molecule has 0 bridgehead atoms. The summed E-state index contributed by atoms with van der Waals surface area (Å²) in [6, 6.07) is 13.5. The molecule has 1 aliphatic heterocycles. The number of carbonyl (C=O) groups is 2. The average molecular weight is 395 g/mol. The quantitative estimate of drug-likeness (QED) is 0.486. The van der Waals surface area contributed by atoms with Crippen molar-refractivity contribution in [3.63, 3.8) is 0 Å². The van der Waals surface area contributed by atoms with Gasteiger partial charge in [0.1, 0.15) is 17.5 Å². The number of anilines is 1. The van der Waals surface area contributed by atoms with Crippen LogP contribution in [0.25, 0.3) is 0 Å². The fourth-order valence-electron chi connectivity index (χ4n) is 2.70. The Labute approximate surface area is 167 Å². The Morgan fingerprint density at radius 1 is 1.14 bits per heavy atom. The number of hydrazone groups is 1. The number of rotatable bonds is 7. The normalized spacial score (nSPS) is 15.6. The van der Waals surface area contributed by atoms with Gasteiger partial charge in [-0.15, -0.1) is 0 Å². The Morgan fingerprint density at radius 3 is 2.59 bits per heavy atom. The predicted octanol–water partition coefficient (Wildman–Crippen LogP) is 1.51. The van der Waals surface area contributed by atoms with Gasteiger partial charge in [-0.1, -0.05) is 24.3 Å². The Balaban J connectivity index is 1.58. The third-order valence-corrected chi connectivity index (χ3v) is 4.10. The van der Waals surface area contributed by atoms with E-state index in [2.05, 4.69) is 26.2 Å². The van der Waals surface area contributed by atoms with Crippen molar-refractivity contribution in [3.05, 3.63) is 54.1 Å². The van der Waals surface area contributed by atoms with Crippen molar-refractivity contribution in [2.45, 2.75) is 12.5 Å². The molecule has 3 N–H and O–H groups in total. The standard InChI is InChI=1S/C20H21N5O4/c1-28-16-9-5-3-7-13(16)12-21-25-20-23-15(19(27)24-20)11-18(26)22-14-8-4-6-10-17(14)29-2/h3-10,12,15H,11H2,1-2H3,(H,22,26)(H2,23,24,25,27)/b21-12-/t15-/m1/s1. The third-order valence-electron chi connectivity index (χ3n) is 4.10. The Morgan fingerprint density at radius 2 is 1.83 bits per heavy atom. The maximum Gasteiger partial charge on any atom is 0.252 e. The number of para-hydroxylation sites is 3. The van der Waals surface area contributed by atoms with Gasteiger partial charge in [0.15, 0.2) is 0 Å². The molecule has 0 radical (unpaired) electrons. The van der Waals surface area contributed by atoms with Crippen molar-refractivity contribution in [1.29, 1.82) is 0 Å². The zero-order valence-electron chi connectivity index (χ0n) is 16.0. The van der Waals surface area contributed by atoms with E-state index in [4.69, 9.17) is 9.47 Å². The van der Waals surface area contributed by atoms with Crippen LogP contribution >= 0.6 is 0 Å². The van der Waals surface area contributed by atoms with Crippen molar-refractivity contribution in [1.82, 2.24) is 10.7 Å². The van der Waals surface area contributed by atoms with E-state index < -0.39 is 6.04 Å². The first kappa shape index (κ1) is 19.9. The minimum absolute atomic E-state index is 0.106. The number of carbonyl (C=O) groups excluding carboxylic acids is 2. The second kappa shape index (κ2) is 9.36. The molecule has 2 amide bonds. The smallest absolute Gasteiger partial charge is 0.252 e. The molecule has 0 unspecified atom stereocenters. The highest BCUT2D eigenvalue weighted by molar-refractivity contribution is 6.07. The number of aliphatic imine (C=N–C) groups is 1. The van der Waals surface area contributed by atoms with Crippen LogP contribution in [0.3, 0.4) is 0 Å². The molecular weight excluding hydrogens is 374 g/mol. The number of amides is 2. The second-order valence-electron chi connectivity index (χ2n) is 6.05. The zero-order chi connectivity index (χ0) is 20.6. The van der Waals surface area contributed by atoms with E-state index in [9.17, 15) is 9.59 Å². The predicted molar refractivity (Wildman–Crippen MR) is 109 cm³/mol. The van der Waals surface area contributed by atoms with E-state index in [1.807, 2.05) is 24.3 Å². The van der Waals surface area contributed by atoms with Crippen LogP contribution < -0.4 is 25.5 Å². The molecule has 2 aromatic carbocycles. The van der Waals surface area contributed by atoms with Crippen LogP contribution in [0, 0.1) is 0 Å². The number of benzene rings is 2. The maximum absolute atomic E-state index is 12.3. The number of methoxy groups -OCH3 is 2. The highest BCUT2D eigenvalue weighted by atomic mass is 16.5. The first-order valence-electron chi connectivity index (χ1n) is 8.84. The van der Waals surface area contributed by atoms with Gasteiger partial charge in [0.25, 0.3) is 5.91 Å². The summed E-state index contributed by atoms with van der Waals surface area (Å²) in [7, 11) is 3.09. The van der Waals surface area contributed by atoms with Crippen LogP contribution in [0.15, 0.2) is 58.6 Å². The van der Waals surface area contributed by atoms with E-state index in [-0.39, 0.29) is 24.2 Å². The monoisotopic (exact) mass is 395 g/mol. The molecule has 0 aromatic heterocycles. The molecule has 9 heteroatoms. The highest BCUT2D eigenvalue weighted by Gasteiger charge is 2.28. The van der Waals surface area contributed by atoms with E-state index in [0.717, 1.165) is 5.56 Å². The number of hydrogen-bond acceptors (Lipinski definition) is 7. The maximum atomic E-state index is 12.3. The van der Waals surface area contributed by atoms with Crippen molar-refractivity contribution in [2.75, 3.05) is 19.5 Å². The molecule has 2 aromatic rings. The van der Waals surface area contributed by atoms with Crippen LogP contribution in [0.4, 0.5) is 5.69 Å². The lowest BCUT2D eigenvalue weighted by atomic mass is 10.2. The van der Waals surface area contributed by atoms with Gasteiger partial charge < -0.3 is 14.8 Å². The fourth-order valence-corrected chi connectivity index (χ4v) is 2.70. The molecule has 0 saturated heterocycles. The molecule has 0 spiro atoms. The van der Waals surface area contributed by atoms with Gasteiger partial charge in [-0.25, -0.2) is 10.4 Å². The molecule has 3 rings (SSSR count). The number of ether oxygens (including phenoxy) is 2. The topological polar surface area (TPSA) is 113 Å². The Kier molecular flexibility index (Phi) is 6.41. The van der Waals surface area contributed by atoms with E-state index >= 15 is 0 Å². The Bertz CT molecular complexity index is 957. The molecule has 1 aliphatic rings. The van der Waals surface area contributed by atoms with Gasteiger partial charge in [-0.3, -0.25) is 14.9 Å². The summed E-state index contributed by atoms with van der Waals surface area (Å²) in [5, 5.41) is 9.34. The second-order valence-corrected chi connectivity index (χ2v) is 6.05. The summed E-state index contributed by atoms with van der Waals surface area (Å²) in [4.78, 5) is 28.5. The summed E-state index contributed by atoms with van der Waals surface area (Å²) in [6.07, 6.45) is 1.44. The molecule has 0 fully saturated rings. The van der Waals surface area contributed by atoms with E-state index in [1.165, 1.54) is 7.11 Å². The van der Waals surface area contributed by atoms with Gasteiger partial charge in [0.2, 0.25) is 11.9 Å². The van der Waals surface area contributed by atoms with Crippen LogP contribution in [0.2, 0.25) is 0 Å². The lowest BCUT2D eigenvalue weighted by Crippen LogP contribution is -2.35. The zero-order valence-corrected chi connectivity index (χ0v) is 16.0. The van der Waals surface area contributed by atoms with Gasteiger partial charge in [-0.2, -0.15) is 5.10 Å². The average Bonchev–Trinajstić information content (AvgIpc) is 3.07. The van der Waals surface area contributed by atoms with Crippen molar-refractivity contribution >= 4 is 29.7 Å². The van der Waals surface area contributed by atoms with E-state index in [0.29, 0.717) is 17.2 Å². The number of nitrogens with one attached hydrogen (secondary N) is 3. The molecule has 1 heterocycles. The summed E-state index contributed by atoms with van der Waals surface area (Å²) >= 11 is 0. The third kappa shape index (κ3) is 5.10. The molecule has 150 valence electrons. The lowest BCUT2D eigenvalue weighted by Gasteiger charge is -2.10. The lowest BCUT2D eigenvalue weighted by molar-refractivity contribution is -0.123. The number of nitrogens with zero attached hydrogens (tertiary/aromatic N) is 2. The number of hydrogen-bond donors (Lipinski definition) is 3. The molecule has 9 nitrogen and oxygen atoms in total. The largest absolute Gasteiger partial charge is 0.496 e. The molecular formula is C20H21N5O4. The Hall–Kier alpha value is -3.88. The summed E-state index contributed by atoms with van der Waals surface area (Å²) in [6.45, 7) is 0. The van der Waals surface area contributed by atoms with Crippen LogP contribution in [-0.2, 0) is 9.59 Å².